The second-order valence-corrected chi connectivity index (χ2v) is 9.60. The maximum Gasteiger partial charge on any atom is 0.338 e. The third-order valence-corrected chi connectivity index (χ3v) is 6.98. The molecule has 35 heavy (non-hydrogen) atoms. The molecule has 0 spiro atoms. The predicted molar refractivity (Wildman–Crippen MR) is 135 cm³/mol. The van der Waals surface area contributed by atoms with E-state index in [0.29, 0.717) is 30.1 Å². The number of hydrogen-bond donors (Lipinski definition) is 0. The number of carbonyl (C=O) groups is 1. The molecule has 0 N–H and O–H groups in total. The monoisotopic (exact) mass is 477 g/mol. The predicted octanol–water partition coefficient (Wildman–Crippen LogP) is 7.31. The van der Waals surface area contributed by atoms with Crippen molar-refractivity contribution >= 4 is 5.97 Å². The zero-order valence-electron chi connectivity index (χ0n) is 20.5. The zero-order chi connectivity index (χ0) is 24.8. The van der Waals surface area contributed by atoms with Gasteiger partial charge in [0.05, 0.1) is 12.7 Å². The molecule has 1 aliphatic carbocycles. The SMILES string of the molecule is COC(=O)c1ccc(CN(Cc2ccc(F)cc2F)CC2CCCCC2)cc1-c1ccccc1C. The Morgan fingerprint density at radius 1 is 0.943 bits per heavy atom. The molecule has 5 heteroatoms. The Labute approximate surface area is 206 Å². The first-order valence-electron chi connectivity index (χ1n) is 12.4. The topological polar surface area (TPSA) is 29.5 Å². The quantitative estimate of drug-likeness (QED) is 0.319. The number of ether oxygens (including phenoxy) is 1. The highest BCUT2D eigenvalue weighted by atomic mass is 19.1. The van der Waals surface area contributed by atoms with Crippen LogP contribution in [0.4, 0.5) is 8.78 Å². The summed E-state index contributed by atoms with van der Waals surface area (Å²) >= 11 is 0. The molecule has 3 aromatic rings. The second kappa shape index (κ2) is 11.6. The highest BCUT2D eigenvalue weighted by molar-refractivity contribution is 5.97. The molecule has 0 unspecified atom stereocenters. The summed E-state index contributed by atoms with van der Waals surface area (Å²) in [4.78, 5) is 14.8. The number of hydrogen-bond acceptors (Lipinski definition) is 3. The molecule has 184 valence electrons. The van der Waals surface area contributed by atoms with Gasteiger partial charge in [0, 0.05) is 31.3 Å². The van der Waals surface area contributed by atoms with Gasteiger partial charge in [0.15, 0.2) is 0 Å². The highest BCUT2D eigenvalue weighted by Gasteiger charge is 2.21. The van der Waals surface area contributed by atoms with Gasteiger partial charge in [-0.05, 0) is 66.1 Å². The van der Waals surface area contributed by atoms with E-state index in [1.807, 2.05) is 49.4 Å². The van der Waals surface area contributed by atoms with Crippen LogP contribution in [0.15, 0.2) is 60.7 Å². The average molecular weight is 478 g/mol. The Bertz CT molecular complexity index is 1170. The van der Waals surface area contributed by atoms with Gasteiger partial charge in [-0.15, -0.1) is 0 Å². The Morgan fingerprint density at radius 3 is 2.43 bits per heavy atom. The van der Waals surface area contributed by atoms with Crippen LogP contribution in [0.2, 0.25) is 0 Å². The molecule has 4 rings (SSSR count). The molecular formula is C30H33F2NO2. The lowest BCUT2D eigenvalue weighted by atomic mass is 9.88. The van der Waals surface area contributed by atoms with Gasteiger partial charge in [-0.2, -0.15) is 0 Å². The summed E-state index contributed by atoms with van der Waals surface area (Å²) in [6, 6.07) is 17.6. The minimum atomic E-state index is -0.564. The number of nitrogens with zero attached hydrogens (tertiary/aromatic N) is 1. The van der Waals surface area contributed by atoms with Crippen molar-refractivity contribution in [2.45, 2.75) is 52.1 Å². The van der Waals surface area contributed by atoms with Crippen LogP contribution in [0.3, 0.4) is 0 Å². The van der Waals surface area contributed by atoms with Crippen molar-refractivity contribution in [3.63, 3.8) is 0 Å². The van der Waals surface area contributed by atoms with E-state index in [1.165, 1.54) is 51.3 Å². The second-order valence-electron chi connectivity index (χ2n) is 9.60. The van der Waals surface area contributed by atoms with Crippen molar-refractivity contribution in [3.8, 4) is 11.1 Å². The molecule has 0 aromatic heterocycles. The van der Waals surface area contributed by atoms with Crippen molar-refractivity contribution in [2.75, 3.05) is 13.7 Å². The Hall–Kier alpha value is -3.05. The van der Waals surface area contributed by atoms with E-state index >= 15 is 0 Å². The van der Waals surface area contributed by atoms with E-state index in [-0.39, 0.29) is 5.97 Å². The summed E-state index contributed by atoms with van der Waals surface area (Å²) in [5, 5.41) is 0. The molecule has 0 heterocycles. The van der Waals surface area contributed by atoms with Gasteiger partial charge >= 0.3 is 5.97 Å². The molecule has 1 saturated carbocycles. The van der Waals surface area contributed by atoms with Crippen molar-refractivity contribution in [3.05, 3.63) is 94.6 Å². The number of carbonyl (C=O) groups excluding carboxylic acids is 1. The number of benzene rings is 3. The summed E-state index contributed by atoms with van der Waals surface area (Å²) in [6.45, 7) is 3.89. The fourth-order valence-electron chi connectivity index (χ4n) is 5.14. The molecule has 0 aliphatic heterocycles. The molecule has 1 aliphatic rings. The van der Waals surface area contributed by atoms with Crippen LogP contribution in [-0.4, -0.2) is 24.5 Å². The lowest BCUT2D eigenvalue weighted by molar-refractivity contribution is 0.0601. The number of esters is 1. The number of halogens is 2. The molecule has 3 aromatic carbocycles. The summed E-state index contributed by atoms with van der Waals surface area (Å²) in [5.74, 6) is -0.883. The van der Waals surface area contributed by atoms with Gasteiger partial charge in [-0.1, -0.05) is 55.7 Å². The third kappa shape index (κ3) is 6.34. The molecule has 0 saturated heterocycles. The lowest BCUT2D eigenvalue weighted by Gasteiger charge is -2.30. The fraction of sp³-hybridized carbons (Fsp3) is 0.367. The van der Waals surface area contributed by atoms with E-state index in [9.17, 15) is 13.6 Å². The van der Waals surface area contributed by atoms with Crippen LogP contribution in [0.25, 0.3) is 11.1 Å². The van der Waals surface area contributed by atoms with Gasteiger partial charge in [0.25, 0.3) is 0 Å². The largest absolute Gasteiger partial charge is 0.465 e. The first-order chi connectivity index (χ1) is 16.9. The molecule has 3 nitrogen and oxygen atoms in total. The average Bonchev–Trinajstić information content (AvgIpc) is 2.86. The minimum absolute atomic E-state index is 0.373. The smallest absolute Gasteiger partial charge is 0.338 e. The van der Waals surface area contributed by atoms with E-state index in [1.54, 1.807) is 0 Å². The lowest BCUT2D eigenvalue weighted by Crippen LogP contribution is -2.30. The van der Waals surface area contributed by atoms with Crippen LogP contribution in [-0.2, 0) is 17.8 Å². The van der Waals surface area contributed by atoms with Crippen LogP contribution in [0, 0.1) is 24.5 Å². The highest BCUT2D eigenvalue weighted by Crippen LogP contribution is 2.30. The molecule has 0 amide bonds. The maximum atomic E-state index is 14.5. The van der Waals surface area contributed by atoms with Crippen molar-refractivity contribution < 1.29 is 18.3 Å². The van der Waals surface area contributed by atoms with Gasteiger partial charge < -0.3 is 4.74 Å². The number of rotatable bonds is 8. The maximum absolute atomic E-state index is 14.5. The van der Waals surface area contributed by atoms with Gasteiger partial charge in [-0.3, -0.25) is 4.90 Å². The molecular weight excluding hydrogens is 444 g/mol. The van der Waals surface area contributed by atoms with Crippen molar-refractivity contribution in [1.29, 1.82) is 0 Å². The fourth-order valence-corrected chi connectivity index (χ4v) is 5.14. The van der Waals surface area contributed by atoms with E-state index in [4.69, 9.17) is 4.74 Å². The van der Waals surface area contributed by atoms with Crippen LogP contribution >= 0.6 is 0 Å². The standard InChI is InChI=1S/C30H33F2NO2/c1-21-8-6-7-11-26(21)28-16-23(12-15-27(28)30(34)35-2)19-33(18-22-9-4-3-5-10-22)20-24-13-14-25(31)17-29(24)32/h6-8,11-17,22H,3-5,9-10,18-20H2,1-2H3. The molecule has 0 radical (unpaired) electrons. The summed E-state index contributed by atoms with van der Waals surface area (Å²) < 4.78 is 33.0. The Kier molecular flexibility index (Phi) is 8.29. The van der Waals surface area contributed by atoms with Gasteiger partial charge in [0.1, 0.15) is 11.6 Å². The van der Waals surface area contributed by atoms with E-state index < -0.39 is 11.6 Å². The van der Waals surface area contributed by atoms with E-state index in [0.717, 1.165) is 34.9 Å². The summed E-state index contributed by atoms with van der Waals surface area (Å²) in [7, 11) is 1.39. The molecule has 1 fully saturated rings. The third-order valence-electron chi connectivity index (χ3n) is 6.98. The summed E-state index contributed by atoms with van der Waals surface area (Å²) in [5.41, 5.74) is 4.94. The zero-order valence-corrected chi connectivity index (χ0v) is 20.5. The minimum Gasteiger partial charge on any atom is -0.465 e. The Morgan fingerprint density at radius 2 is 1.71 bits per heavy atom. The number of methoxy groups -OCH3 is 1. The van der Waals surface area contributed by atoms with Crippen molar-refractivity contribution in [2.24, 2.45) is 5.92 Å². The number of aryl methyl sites for hydroxylation is 1. The van der Waals surface area contributed by atoms with E-state index in [2.05, 4.69) is 4.90 Å². The van der Waals surface area contributed by atoms with Crippen LogP contribution in [0.1, 0.15) is 59.2 Å². The molecule has 0 atom stereocenters. The van der Waals surface area contributed by atoms with Gasteiger partial charge in [-0.25, -0.2) is 13.6 Å². The van der Waals surface area contributed by atoms with Crippen LogP contribution < -0.4 is 0 Å². The summed E-state index contributed by atoms with van der Waals surface area (Å²) in [6.07, 6.45) is 6.09. The van der Waals surface area contributed by atoms with Crippen LogP contribution in [0.5, 0.6) is 0 Å². The van der Waals surface area contributed by atoms with Crippen molar-refractivity contribution in [1.82, 2.24) is 4.90 Å². The molecule has 0 bridgehead atoms. The van der Waals surface area contributed by atoms with Gasteiger partial charge in [0.2, 0.25) is 0 Å². The normalized spacial score (nSPS) is 14.3. The Balaban J connectivity index is 1.66. The first kappa shape index (κ1) is 25.1. The first-order valence-corrected chi connectivity index (χ1v) is 12.4.